The van der Waals surface area contributed by atoms with Crippen molar-refractivity contribution in [2.75, 3.05) is 7.05 Å². The number of halogens is 1. The third-order valence-electron chi connectivity index (χ3n) is 4.86. The number of likely N-dealkylation sites (N-methyl/N-ethyl adjacent to an activating group) is 1. The Bertz CT molecular complexity index is 813. The maximum absolute atomic E-state index is 13.2. The number of carbonyl (C=O) groups is 2. The molecule has 1 aliphatic heterocycles. The van der Waals surface area contributed by atoms with E-state index < -0.39 is 6.04 Å². The van der Waals surface area contributed by atoms with E-state index in [9.17, 15) is 14.0 Å². The molecule has 4 rings (SSSR count). The summed E-state index contributed by atoms with van der Waals surface area (Å²) in [6, 6.07) is 6.89. The van der Waals surface area contributed by atoms with Crippen molar-refractivity contribution < 1.29 is 18.5 Å². The average Bonchev–Trinajstić information content (AvgIpc) is 3.25. The first-order valence-electron chi connectivity index (χ1n) is 8.31. The van der Waals surface area contributed by atoms with Gasteiger partial charge in [-0.3, -0.25) is 9.59 Å². The van der Waals surface area contributed by atoms with Crippen molar-refractivity contribution in [1.29, 1.82) is 0 Å². The van der Waals surface area contributed by atoms with Crippen molar-refractivity contribution in [3.8, 4) is 0 Å². The predicted octanol–water partition coefficient (Wildman–Crippen LogP) is 2.39. The van der Waals surface area contributed by atoms with Gasteiger partial charge in [0.1, 0.15) is 11.6 Å². The number of likely N-dealkylation sites (tertiary alicyclic amines) is 1. The lowest BCUT2D eigenvalue weighted by Gasteiger charge is -2.25. The topological polar surface area (TPSA) is 75.4 Å². The SMILES string of the molecule is CN1C(=O)CC(NC(=O)c2cc(C3CC3)on2)C1c1ccc(F)cc1. The smallest absolute Gasteiger partial charge is 0.273 e. The highest BCUT2D eigenvalue weighted by Crippen LogP contribution is 2.40. The molecule has 130 valence electrons. The number of aromatic nitrogens is 1. The van der Waals surface area contributed by atoms with Gasteiger partial charge in [0, 0.05) is 25.5 Å². The maximum atomic E-state index is 13.2. The zero-order valence-corrected chi connectivity index (χ0v) is 13.7. The summed E-state index contributed by atoms with van der Waals surface area (Å²) in [5.74, 6) is 0.334. The molecule has 2 atom stereocenters. The van der Waals surface area contributed by atoms with Crippen LogP contribution in [0.2, 0.25) is 0 Å². The van der Waals surface area contributed by atoms with E-state index in [0.29, 0.717) is 5.92 Å². The van der Waals surface area contributed by atoms with Crippen LogP contribution in [-0.4, -0.2) is 35.0 Å². The first-order valence-corrected chi connectivity index (χ1v) is 8.31. The molecule has 2 aromatic rings. The number of nitrogens with zero attached hydrogens (tertiary/aromatic N) is 2. The zero-order chi connectivity index (χ0) is 17.6. The highest BCUT2D eigenvalue weighted by atomic mass is 19.1. The summed E-state index contributed by atoms with van der Waals surface area (Å²) in [4.78, 5) is 26.2. The van der Waals surface area contributed by atoms with Crippen LogP contribution >= 0.6 is 0 Å². The third-order valence-corrected chi connectivity index (χ3v) is 4.86. The summed E-state index contributed by atoms with van der Waals surface area (Å²) >= 11 is 0. The van der Waals surface area contributed by atoms with E-state index in [4.69, 9.17) is 4.52 Å². The van der Waals surface area contributed by atoms with Crippen molar-refractivity contribution in [3.05, 3.63) is 53.2 Å². The lowest BCUT2D eigenvalue weighted by molar-refractivity contribution is -0.127. The number of amides is 2. The fourth-order valence-corrected chi connectivity index (χ4v) is 3.31. The minimum atomic E-state index is -0.406. The van der Waals surface area contributed by atoms with Gasteiger partial charge in [-0.15, -0.1) is 0 Å². The van der Waals surface area contributed by atoms with Crippen LogP contribution in [0.15, 0.2) is 34.9 Å². The average molecular weight is 343 g/mol. The van der Waals surface area contributed by atoms with E-state index in [1.807, 2.05) is 0 Å². The van der Waals surface area contributed by atoms with Crippen LogP contribution in [-0.2, 0) is 4.79 Å². The lowest BCUT2D eigenvalue weighted by Crippen LogP contribution is -2.39. The van der Waals surface area contributed by atoms with E-state index in [1.54, 1.807) is 30.1 Å². The van der Waals surface area contributed by atoms with Crippen molar-refractivity contribution in [2.45, 2.75) is 37.3 Å². The number of benzene rings is 1. The summed E-state index contributed by atoms with van der Waals surface area (Å²) < 4.78 is 18.4. The van der Waals surface area contributed by atoms with Crippen LogP contribution in [0.5, 0.6) is 0 Å². The summed E-state index contributed by atoms with van der Waals surface area (Å²) in [5, 5.41) is 6.71. The van der Waals surface area contributed by atoms with E-state index in [-0.39, 0.29) is 35.8 Å². The van der Waals surface area contributed by atoms with Crippen LogP contribution in [0, 0.1) is 5.82 Å². The van der Waals surface area contributed by atoms with Gasteiger partial charge in [-0.25, -0.2) is 4.39 Å². The molecule has 1 saturated heterocycles. The highest BCUT2D eigenvalue weighted by Gasteiger charge is 2.40. The molecule has 1 aromatic carbocycles. The second-order valence-electron chi connectivity index (χ2n) is 6.67. The minimum Gasteiger partial charge on any atom is -0.360 e. The molecule has 1 aliphatic carbocycles. The van der Waals surface area contributed by atoms with E-state index >= 15 is 0 Å². The number of carbonyl (C=O) groups excluding carboxylic acids is 2. The van der Waals surface area contributed by atoms with Gasteiger partial charge in [0.05, 0.1) is 12.1 Å². The number of hydrogen-bond donors (Lipinski definition) is 1. The molecule has 0 bridgehead atoms. The second-order valence-corrected chi connectivity index (χ2v) is 6.67. The Hall–Kier alpha value is -2.70. The first kappa shape index (κ1) is 15.8. The van der Waals surface area contributed by atoms with Gasteiger partial charge in [0.15, 0.2) is 5.69 Å². The van der Waals surface area contributed by atoms with Crippen LogP contribution in [0.3, 0.4) is 0 Å². The van der Waals surface area contributed by atoms with Gasteiger partial charge >= 0.3 is 0 Å². The number of nitrogens with one attached hydrogen (secondary N) is 1. The van der Waals surface area contributed by atoms with Crippen molar-refractivity contribution >= 4 is 11.8 Å². The molecule has 2 amide bonds. The van der Waals surface area contributed by atoms with Gasteiger partial charge in [0.2, 0.25) is 5.91 Å². The van der Waals surface area contributed by atoms with Gasteiger partial charge < -0.3 is 14.7 Å². The van der Waals surface area contributed by atoms with E-state index in [2.05, 4.69) is 10.5 Å². The Morgan fingerprint density at radius 1 is 1.32 bits per heavy atom. The third kappa shape index (κ3) is 3.01. The molecule has 2 aliphatic rings. The molecular formula is C18H18FN3O3. The summed E-state index contributed by atoms with van der Waals surface area (Å²) in [7, 11) is 1.68. The zero-order valence-electron chi connectivity index (χ0n) is 13.7. The van der Waals surface area contributed by atoms with Crippen LogP contribution in [0.4, 0.5) is 4.39 Å². The fraction of sp³-hybridized carbons (Fsp3) is 0.389. The molecule has 2 heterocycles. The minimum absolute atomic E-state index is 0.0709. The summed E-state index contributed by atoms with van der Waals surface area (Å²) in [6.07, 6.45) is 2.31. The molecule has 1 aromatic heterocycles. The molecule has 0 radical (unpaired) electrons. The van der Waals surface area contributed by atoms with Crippen LogP contribution in [0.1, 0.15) is 53.0 Å². The van der Waals surface area contributed by atoms with Crippen molar-refractivity contribution in [1.82, 2.24) is 15.4 Å². The molecular weight excluding hydrogens is 325 g/mol. The van der Waals surface area contributed by atoms with Crippen LogP contribution in [0.25, 0.3) is 0 Å². The fourth-order valence-electron chi connectivity index (χ4n) is 3.31. The molecule has 0 spiro atoms. The van der Waals surface area contributed by atoms with Crippen molar-refractivity contribution in [3.63, 3.8) is 0 Å². The molecule has 2 unspecified atom stereocenters. The van der Waals surface area contributed by atoms with Gasteiger partial charge in [-0.1, -0.05) is 17.3 Å². The molecule has 1 saturated carbocycles. The quantitative estimate of drug-likeness (QED) is 0.925. The Morgan fingerprint density at radius 3 is 2.72 bits per heavy atom. The monoisotopic (exact) mass is 343 g/mol. The molecule has 1 N–H and O–H groups in total. The highest BCUT2D eigenvalue weighted by molar-refractivity contribution is 5.93. The molecule has 25 heavy (non-hydrogen) atoms. The first-order chi connectivity index (χ1) is 12.0. The molecule has 6 nitrogen and oxygen atoms in total. The van der Waals surface area contributed by atoms with Crippen molar-refractivity contribution in [2.24, 2.45) is 0 Å². The summed E-state index contributed by atoms with van der Waals surface area (Å²) in [5.41, 5.74) is 1.00. The van der Waals surface area contributed by atoms with E-state index in [0.717, 1.165) is 24.2 Å². The Morgan fingerprint density at radius 2 is 2.04 bits per heavy atom. The standard InChI is InChI=1S/C18H18FN3O3/c1-22-16(23)9-13(17(22)11-4-6-12(19)7-5-11)20-18(24)14-8-15(25-21-14)10-2-3-10/h4-8,10,13,17H,2-3,9H2,1H3,(H,20,24). The molecule has 7 heteroatoms. The van der Waals surface area contributed by atoms with Gasteiger partial charge in [-0.05, 0) is 30.5 Å². The summed E-state index contributed by atoms with van der Waals surface area (Å²) in [6.45, 7) is 0. The Labute approximate surface area is 144 Å². The number of rotatable bonds is 4. The predicted molar refractivity (Wildman–Crippen MR) is 86.3 cm³/mol. The second kappa shape index (κ2) is 5.98. The normalized spacial score (nSPS) is 23.1. The Kier molecular flexibility index (Phi) is 3.78. The van der Waals surface area contributed by atoms with Gasteiger partial charge in [-0.2, -0.15) is 0 Å². The maximum Gasteiger partial charge on any atom is 0.273 e. The van der Waals surface area contributed by atoms with E-state index in [1.165, 1.54) is 12.1 Å². The Balaban J connectivity index is 1.53. The number of hydrogen-bond acceptors (Lipinski definition) is 4. The lowest BCUT2D eigenvalue weighted by atomic mass is 10.00. The largest absolute Gasteiger partial charge is 0.360 e. The van der Waals surface area contributed by atoms with Crippen LogP contribution < -0.4 is 5.32 Å². The molecule has 2 fully saturated rings. The van der Waals surface area contributed by atoms with Gasteiger partial charge in [0.25, 0.3) is 5.91 Å².